The molecule has 36 atom stereocenters. The first-order valence-corrected chi connectivity index (χ1v) is 40.5. The molecular weight excluding hydrogens is 1710 g/mol. The van der Waals surface area contributed by atoms with Crippen molar-refractivity contribution in [3.63, 3.8) is 0 Å². The van der Waals surface area contributed by atoms with Crippen LogP contribution in [-0.2, 0) is 114 Å². The molecule has 12 fully saturated rings. The molecule has 12 saturated heterocycles. The molecule has 0 amide bonds. The third-order valence-electron chi connectivity index (χ3n) is 20.3. The van der Waals surface area contributed by atoms with Crippen molar-refractivity contribution < 1.29 is 248 Å². The van der Waals surface area contributed by atoms with E-state index in [0.717, 1.165) is 25.7 Å². The number of aliphatic hydroxyl groups is 22. The number of aliphatic hydroxyl groups excluding tert-OH is 22. The lowest BCUT2D eigenvalue weighted by atomic mass is 9.96. The number of hydrogen-bond donors (Lipinski definition) is 22. The fourth-order valence-electron chi connectivity index (χ4n) is 13.2. The van der Waals surface area contributed by atoms with E-state index in [-0.39, 0.29) is 125 Å². The molecule has 12 rings (SSSR count). The summed E-state index contributed by atoms with van der Waals surface area (Å²) in [6.07, 6.45) is -25.9. The van der Waals surface area contributed by atoms with E-state index in [9.17, 15) is 70.9 Å². The van der Waals surface area contributed by atoms with Crippen molar-refractivity contribution in [1.29, 1.82) is 0 Å². The summed E-state index contributed by atoms with van der Waals surface area (Å²) in [5.74, 6) is -2.65. The quantitative estimate of drug-likeness (QED) is 0.0718. The highest BCUT2D eigenvalue weighted by atomic mass is 16.8. The smallest absolute Gasteiger partial charge is 0.302 e. The van der Waals surface area contributed by atoms with Gasteiger partial charge < -0.3 is 238 Å². The van der Waals surface area contributed by atoms with Crippen LogP contribution in [0.15, 0.2) is 0 Å². The van der Waals surface area contributed by atoms with E-state index >= 15 is 0 Å². The van der Waals surface area contributed by atoms with Gasteiger partial charge in [0.05, 0.1) is 139 Å². The van der Waals surface area contributed by atoms with Gasteiger partial charge in [-0.25, -0.2) is 0 Å². The molecule has 12 aliphatic heterocycles. The Hall–Kier alpha value is -2.90. The molecule has 50 nitrogen and oxygen atoms in total. The van der Waals surface area contributed by atoms with Gasteiger partial charge in [0.2, 0.25) is 0 Å². The van der Waals surface area contributed by atoms with Crippen LogP contribution in [0.25, 0.3) is 0 Å². The van der Waals surface area contributed by atoms with Crippen molar-refractivity contribution >= 4 is 11.9 Å². The molecule has 0 aromatic rings. The van der Waals surface area contributed by atoms with E-state index in [0.29, 0.717) is 52.1 Å². The Morgan fingerprint density at radius 3 is 0.921 bits per heavy atom. The summed E-state index contributed by atoms with van der Waals surface area (Å²) in [4.78, 5) is 20.9. The zero-order chi connectivity index (χ0) is 92.1. The molecule has 30 N–H and O–H groups in total. The second-order valence-corrected chi connectivity index (χ2v) is 31.4. The van der Waals surface area contributed by atoms with Crippen molar-refractivity contribution in [2.45, 2.75) is 339 Å². The molecule has 0 aliphatic carbocycles. The summed E-state index contributed by atoms with van der Waals surface area (Å²) in [7, 11) is 9.20. The average Bonchev–Trinajstić information content (AvgIpc) is 0.773. The third kappa shape index (κ3) is 42.3. The molecule has 756 valence electrons. The van der Waals surface area contributed by atoms with Gasteiger partial charge in [0.25, 0.3) is 0 Å². The van der Waals surface area contributed by atoms with Gasteiger partial charge in [-0.3, -0.25) is 9.59 Å². The summed E-state index contributed by atoms with van der Waals surface area (Å²) in [6, 6.07) is 0. The summed E-state index contributed by atoms with van der Waals surface area (Å²) in [5.41, 5.74) is 0. The Morgan fingerprint density at radius 2 is 0.651 bits per heavy atom. The maximum absolute atomic E-state index is 10.5. The largest absolute Gasteiger partial charge is 0.463 e. The van der Waals surface area contributed by atoms with Crippen LogP contribution >= 0.6 is 0 Å². The Morgan fingerprint density at radius 1 is 0.349 bits per heavy atom. The van der Waals surface area contributed by atoms with Gasteiger partial charge in [-0.05, 0) is 80.1 Å². The molecule has 0 radical (unpaired) electrons. The van der Waals surface area contributed by atoms with Crippen LogP contribution in [0.4, 0.5) is 0 Å². The zero-order valence-electron chi connectivity index (χ0n) is 74.0. The SMILES string of the molecule is CC(=O)OCC1OCC[C@H](O)[C@@H]1O.CC(=O)OCC1OCC[C@H](O)[C@@H]1O.COC.COC.CO[C@@H]1OC(C)[C@@H](O[C@@H]2OC3COC(C)(C)O[C@H]3[C@@H](O)C2O)[C@@H](O)C1O.CO[C@@H]1OC(C)[C@@H](O[C@@H]2OC3COC(C)(C)O[C@H]3[C@@H](O)C2O)[C@@H](O)C1O.O.O.O.O.OCC1CCC(O)CO1.OCC1CCC(O)CO1.OCC1C[C@@H](O)C(O)CO1.OCC1C[C@@H](O)C(O)CO1. The van der Waals surface area contributed by atoms with Crippen LogP contribution in [0, 0.1) is 0 Å². The predicted octanol–water partition coefficient (Wildman–Crippen LogP) is -12.5. The van der Waals surface area contributed by atoms with Crippen LogP contribution in [0.2, 0.25) is 0 Å². The first kappa shape index (κ1) is 125. The Balaban J connectivity index is 0. The number of esters is 2. The minimum atomic E-state index is -1.41. The molecule has 0 spiro atoms. The van der Waals surface area contributed by atoms with E-state index < -0.39 is 207 Å². The first-order chi connectivity index (χ1) is 57.5. The maximum atomic E-state index is 10.5. The van der Waals surface area contributed by atoms with Gasteiger partial charge in [-0.1, -0.05) is 0 Å². The predicted molar refractivity (Wildman–Crippen MR) is 425 cm³/mol. The van der Waals surface area contributed by atoms with E-state index in [1.165, 1.54) is 28.1 Å². The number of hydrogen-bond acceptors (Lipinski definition) is 46. The number of rotatable bonds is 14. The number of ether oxygens (including phenoxy) is 22. The molecule has 0 saturated carbocycles. The lowest BCUT2D eigenvalue weighted by molar-refractivity contribution is -0.397. The van der Waals surface area contributed by atoms with Crippen molar-refractivity contribution in [2.24, 2.45) is 0 Å². The molecule has 0 aromatic carbocycles. The van der Waals surface area contributed by atoms with E-state index in [1.54, 1.807) is 70.0 Å². The number of carbonyl (C=O) groups is 2. The van der Waals surface area contributed by atoms with E-state index in [1.807, 2.05) is 0 Å². The van der Waals surface area contributed by atoms with Gasteiger partial charge >= 0.3 is 11.9 Å². The molecule has 126 heavy (non-hydrogen) atoms. The van der Waals surface area contributed by atoms with E-state index in [4.69, 9.17) is 136 Å². The molecule has 18 unspecified atom stereocenters. The van der Waals surface area contributed by atoms with Gasteiger partial charge in [-0.15, -0.1) is 0 Å². The highest BCUT2D eigenvalue weighted by molar-refractivity contribution is 5.66. The fourth-order valence-corrected chi connectivity index (χ4v) is 13.2. The monoisotopic (exact) mass is 1860 g/mol. The molecule has 12 aliphatic rings. The summed E-state index contributed by atoms with van der Waals surface area (Å²) in [5, 5.41) is 208. The molecule has 0 bridgehead atoms. The Bertz CT molecular complexity index is 2540. The lowest BCUT2D eigenvalue weighted by Gasteiger charge is -2.50. The highest BCUT2D eigenvalue weighted by Gasteiger charge is 2.56. The van der Waals surface area contributed by atoms with Gasteiger partial charge in [0.1, 0.15) is 135 Å². The lowest BCUT2D eigenvalue weighted by Crippen LogP contribution is -2.66. The minimum absolute atomic E-state index is 0. The normalized spacial score (nSPS) is 40.5. The second-order valence-electron chi connectivity index (χ2n) is 31.4. The number of carbonyl (C=O) groups excluding carboxylic acids is 2. The summed E-state index contributed by atoms with van der Waals surface area (Å²) < 4.78 is 114. The average molecular weight is 1870 g/mol. The summed E-state index contributed by atoms with van der Waals surface area (Å²) in [6.45, 7) is 14.7. The first-order valence-electron chi connectivity index (χ1n) is 40.5. The van der Waals surface area contributed by atoms with Crippen molar-refractivity contribution in [2.75, 3.05) is 135 Å². The van der Waals surface area contributed by atoms with Crippen molar-refractivity contribution in [3.8, 4) is 0 Å². The van der Waals surface area contributed by atoms with Crippen LogP contribution < -0.4 is 0 Å². The zero-order valence-corrected chi connectivity index (χ0v) is 74.0. The number of methoxy groups -OCH3 is 4. The highest BCUT2D eigenvalue weighted by Crippen LogP contribution is 2.37. The molecular formula is C76H152O50. The molecule has 12 heterocycles. The maximum Gasteiger partial charge on any atom is 0.302 e. The Labute approximate surface area is 731 Å². The minimum Gasteiger partial charge on any atom is -0.463 e. The van der Waals surface area contributed by atoms with Crippen LogP contribution in [0.5, 0.6) is 0 Å². The standard InChI is InChI=1S/2C16H28O10.2C8H14O5.2C6H12O4.2C6H12O3.2C2H6O.4H2O/c2*1-6-12(8(17)10(19)14(21-4)23-6)25-15-11(20)9(18)13-7(24-15)5-22-16(2,3)26-13;2*1-5(9)13-4-7-8(11)6(10)2-3-12-7;2*7-2-4-1-5(8)6(9)3-10-4;2*7-3-6-2-1-5(8)4-9-6;2*1-3-2;;;;/h2*6-15,17-20H,5H2,1-4H3;2*6-8,10-11H,2-4H2,1H3;2*4-9H,1-3H2;2*5-8H,1-4H2;2*1-2H3;4*1H2/t2*6?,7?,8-,9-,10?,11?,12+,13+,14+,15-;2*6-,7?,8-;2*4?,5-,6?;;;;;;;;/m000011......../s1. The number of fused-ring (bicyclic) bond motifs is 2. The topological polar surface area (TPSA) is 808 Å². The second kappa shape index (κ2) is 64.1. The van der Waals surface area contributed by atoms with Crippen molar-refractivity contribution in [1.82, 2.24) is 0 Å². The fraction of sp³-hybridized carbons (Fsp3) is 0.974. The van der Waals surface area contributed by atoms with Crippen LogP contribution in [0.3, 0.4) is 0 Å². The van der Waals surface area contributed by atoms with Crippen molar-refractivity contribution in [3.05, 3.63) is 0 Å². The van der Waals surface area contributed by atoms with Gasteiger partial charge in [-0.2, -0.15) is 0 Å². The molecule has 0 aromatic heterocycles. The Kier molecular flexibility index (Phi) is 63.7. The summed E-state index contributed by atoms with van der Waals surface area (Å²) >= 11 is 0. The van der Waals surface area contributed by atoms with E-state index in [2.05, 4.69) is 18.9 Å². The molecule has 50 heteroatoms. The third-order valence-corrected chi connectivity index (χ3v) is 20.3. The van der Waals surface area contributed by atoms with Crippen LogP contribution in [-0.4, -0.2) is 513 Å². The van der Waals surface area contributed by atoms with Crippen LogP contribution in [0.1, 0.15) is 107 Å². The van der Waals surface area contributed by atoms with Gasteiger partial charge in [0.15, 0.2) is 36.7 Å². The van der Waals surface area contributed by atoms with Gasteiger partial charge in [0, 0.05) is 82.6 Å².